The molecule has 2 aromatic carbocycles. The van der Waals surface area contributed by atoms with E-state index in [1.807, 2.05) is 0 Å². The minimum absolute atomic E-state index is 0.0512. The highest BCUT2D eigenvalue weighted by molar-refractivity contribution is 7.89. The normalized spacial score (nSPS) is 11.5. The van der Waals surface area contributed by atoms with Gasteiger partial charge in [0, 0.05) is 17.7 Å². The number of nitro benzene ring substituents is 1. The highest BCUT2D eigenvalue weighted by atomic mass is 32.2. The average Bonchev–Trinajstić information content (AvgIpc) is 3.11. The lowest BCUT2D eigenvalue weighted by atomic mass is 10.1. The summed E-state index contributed by atoms with van der Waals surface area (Å²) < 4.78 is 29.6. The van der Waals surface area contributed by atoms with Crippen LogP contribution in [0.3, 0.4) is 0 Å². The van der Waals surface area contributed by atoms with Gasteiger partial charge in [-0.15, -0.1) is 0 Å². The van der Waals surface area contributed by atoms with Crippen molar-refractivity contribution >= 4 is 21.9 Å². The summed E-state index contributed by atoms with van der Waals surface area (Å²) >= 11 is 0. The molecule has 0 atom stereocenters. The summed E-state index contributed by atoms with van der Waals surface area (Å²) in [6.07, 6.45) is 1.21. The molecule has 0 radical (unpaired) electrons. The first-order valence-electron chi connectivity index (χ1n) is 7.40. The van der Waals surface area contributed by atoms with Gasteiger partial charge in [-0.05, 0) is 24.3 Å². The third-order valence-electron chi connectivity index (χ3n) is 3.39. The van der Waals surface area contributed by atoms with E-state index in [1.54, 1.807) is 42.5 Å². The van der Waals surface area contributed by atoms with Crippen LogP contribution in [0.5, 0.6) is 0 Å². The molecule has 0 saturated carbocycles. The van der Waals surface area contributed by atoms with Gasteiger partial charge in [0.05, 0.1) is 16.0 Å². The van der Waals surface area contributed by atoms with E-state index in [0.717, 1.165) is 0 Å². The zero-order valence-corrected chi connectivity index (χ0v) is 14.1. The molecular weight excluding hydrogens is 358 g/mol. The van der Waals surface area contributed by atoms with Crippen molar-refractivity contribution in [3.8, 4) is 11.3 Å². The zero-order valence-electron chi connectivity index (χ0n) is 13.3. The van der Waals surface area contributed by atoms with E-state index in [4.69, 9.17) is 4.42 Å². The number of hydrogen-bond acceptors (Lipinski definition) is 6. The second-order valence-electron chi connectivity index (χ2n) is 5.18. The van der Waals surface area contributed by atoms with E-state index in [9.17, 15) is 18.5 Å². The van der Waals surface area contributed by atoms with Gasteiger partial charge in [-0.1, -0.05) is 30.3 Å². The molecule has 0 aliphatic heterocycles. The van der Waals surface area contributed by atoms with Crippen LogP contribution in [0.1, 0.15) is 5.76 Å². The third kappa shape index (κ3) is 3.95. The molecule has 0 unspecified atom stereocenters. The lowest BCUT2D eigenvalue weighted by molar-refractivity contribution is -0.384. The Hall–Kier alpha value is -3.46. The first-order chi connectivity index (χ1) is 12.5. The molecule has 3 rings (SSSR count). The summed E-state index contributed by atoms with van der Waals surface area (Å²) in [5.74, 6) is 0.698. The number of hydrogen-bond donors (Lipinski definition) is 1. The standard InChI is InChI=1S/C17H13N3O5S/c21-20(22)14-6-4-5-13(11-14)17-10-9-15(25-17)12-18-19-26(23,24)16-7-2-1-3-8-16/h1-12,19H/b18-12-. The predicted molar refractivity (Wildman–Crippen MR) is 95.2 cm³/mol. The highest BCUT2D eigenvalue weighted by Gasteiger charge is 2.12. The van der Waals surface area contributed by atoms with E-state index >= 15 is 0 Å². The van der Waals surface area contributed by atoms with Crippen molar-refractivity contribution in [3.63, 3.8) is 0 Å². The van der Waals surface area contributed by atoms with E-state index in [-0.39, 0.29) is 10.6 Å². The second kappa shape index (κ2) is 7.19. The molecule has 8 nitrogen and oxygen atoms in total. The Bertz CT molecular complexity index is 1060. The highest BCUT2D eigenvalue weighted by Crippen LogP contribution is 2.25. The van der Waals surface area contributed by atoms with Crippen molar-refractivity contribution in [2.24, 2.45) is 5.10 Å². The minimum atomic E-state index is -3.76. The number of furan rings is 1. The molecule has 1 aromatic heterocycles. The lowest BCUT2D eigenvalue weighted by Crippen LogP contribution is -2.18. The number of sulfonamides is 1. The predicted octanol–water partition coefficient (Wildman–Crippen LogP) is 3.17. The van der Waals surface area contributed by atoms with E-state index < -0.39 is 14.9 Å². The maximum absolute atomic E-state index is 12.0. The van der Waals surface area contributed by atoms with Gasteiger partial charge in [0.15, 0.2) is 0 Å². The van der Waals surface area contributed by atoms with E-state index in [1.165, 1.54) is 30.5 Å². The monoisotopic (exact) mass is 371 g/mol. The number of benzene rings is 2. The topological polar surface area (TPSA) is 115 Å². The molecular formula is C17H13N3O5S. The van der Waals surface area contributed by atoms with Crippen LogP contribution in [0.2, 0.25) is 0 Å². The van der Waals surface area contributed by atoms with Crippen molar-refractivity contribution in [2.75, 3.05) is 0 Å². The first-order valence-corrected chi connectivity index (χ1v) is 8.88. The quantitative estimate of drug-likeness (QED) is 0.406. The van der Waals surface area contributed by atoms with Crippen LogP contribution in [0, 0.1) is 10.1 Å². The molecule has 0 fully saturated rings. The number of non-ortho nitro benzene ring substituents is 1. The summed E-state index contributed by atoms with van der Waals surface area (Å²) in [7, 11) is -3.76. The van der Waals surface area contributed by atoms with E-state index in [0.29, 0.717) is 17.1 Å². The van der Waals surface area contributed by atoms with Crippen LogP contribution in [0.4, 0.5) is 5.69 Å². The lowest BCUT2D eigenvalue weighted by Gasteiger charge is -2.01. The Balaban J connectivity index is 1.74. The number of hydrazone groups is 1. The Morgan fingerprint density at radius 1 is 1.04 bits per heavy atom. The molecule has 0 saturated heterocycles. The van der Waals surface area contributed by atoms with Crippen LogP contribution in [-0.4, -0.2) is 19.6 Å². The molecule has 9 heteroatoms. The molecule has 3 aromatic rings. The maximum atomic E-state index is 12.0. The van der Waals surface area contributed by atoms with Crippen molar-refractivity contribution in [2.45, 2.75) is 4.90 Å². The van der Waals surface area contributed by atoms with Gasteiger partial charge in [0.25, 0.3) is 15.7 Å². The number of nitrogens with one attached hydrogen (secondary N) is 1. The smallest absolute Gasteiger partial charge is 0.276 e. The van der Waals surface area contributed by atoms with Crippen molar-refractivity contribution < 1.29 is 17.8 Å². The van der Waals surface area contributed by atoms with Crippen molar-refractivity contribution in [1.29, 1.82) is 0 Å². The summed E-state index contributed by atoms with van der Waals surface area (Å²) in [5, 5.41) is 14.5. The number of rotatable bonds is 6. The Morgan fingerprint density at radius 2 is 1.81 bits per heavy atom. The third-order valence-corrected chi connectivity index (χ3v) is 4.62. The zero-order chi connectivity index (χ0) is 18.6. The van der Waals surface area contributed by atoms with Gasteiger partial charge in [-0.25, -0.2) is 0 Å². The van der Waals surface area contributed by atoms with Gasteiger partial charge in [-0.2, -0.15) is 18.4 Å². The number of nitro groups is 1. The molecule has 0 aliphatic carbocycles. The summed E-state index contributed by atoms with van der Waals surface area (Å²) in [6, 6.07) is 17.0. The second-order valence-corrected chi connectivity index (χ2v) is 6.84. The fourth-order valence-electron chi connectivity index (χ4n) is 2.16. The molecule has 0 spiro atoms. The van der Waals surface area contributed by atoms with Gasteiger partial charge >= 0.3 is 0 Å². The largest absolute Gasteiger partial charge is 0.455 e. The van der Waals surface area contributed by atoms with Gasteiger partial charge in [-0.3, -0.25) is 10.1 Å². The van der Waals surface area contributed by atoms with Crippen LogP contribution >= 0.6 is 0 Å². The molecule has 1 heterocycles. The molecule has 1 N–H and O–H groups in total. The van der Waals surface area contributed by atoms with Gasteiger partial charge in [0.1, 0.15) is 11.5 Å². The Kier molecular flexibility index (Phi) is 4.81. The van der Waals surface area contributed by atoms with Gasteiger partial charge in [0.2, 0.25) is 0 Å². The van der Waals surface area contributed by atoms with Crippen LogP contribution in [0.15, 0.2) is 81.1 Å². The van der Waals surface area contributed by atoms with Crippen LogP contribution in [-0.2, 0) is 10.0 Å². The molecule has 0 bridgehead atoms. The minimum Gasteiger partial charge on any atom is -0.455 e. The summed E-state index contributed by atoms with van der Waals surface area (Å²) in [5.41, 5.74) is 0.480. The van der Waals surface area contributed by atoms with Crippen molar-refractivity contribution in [3.05, 3.63) is 82.6 Å². The SMILES string of the molecule is O=[N+]([O-])c1cccc(-c2ccc(/C=N\NS(=O)(=O)c3ccccc3)o2)c1. The summed E-state index contributed by atoms with van der Waals surface area (Å²) in [6.45, 7) is 0. The fourth-order valence-corrected chi connectivity index (χ4v) is 2.97. The molecule has 26 heavy (non-hydrogen) atoms. The Morgan fingerprint density at radius 3 is 2.54 bits per heavy atom. The molecule has 0 amide bonds. The number of nitrogens with zero attached hydrogens (tertiary/aromatic N) is 2. The molecule has 132 valence electrons. The van der Waals surface area contributed by atoms with Crippen LogP contribution < -0.4 is 4.83 Å². The first kappa shape index (κ1) is 17.4. The molecule has 0 aliphatic rings. The van der Waals surface area contributed by atoms with Crippen LogP contribution in [0.25, 0.3) is 11.3 Å². The average molecular weight is 371 g/mol. The fraction of sp³-hybridized carbons (Fsp3) is 0. The maximum Gasteiger partial charge on any atom is 0.276 e. The van der Waals surface area contributed by atoms with E-state index in [2.05, 4.69) is 9.93 Å². The Labute approximate surface area is 149 Å². The van der Waals surface area contributed by atoms with Gasteiger partial charge < -0.3 is 4.42 Å². The summed E-state index contributed by atoms with van der Waals surface area (Å²) in [4.78, 5) is 12.5. The van der Waals surface area contributed by atoms with Crippen molar-refractivity contribution in [1.82, 2.24) is 4.83 Å².